The maximum Gasteiger partial charge on any atom is 0.128 e. The van der Waals surface area contributed by atoms with Crippen molar-refractivity contribution < 1.29 is 0 Å². The zero-order chi connectivity index (χ0) is 13.2. The number of nitrogens with zero attached hydrogens (tertiary/aromatic N) is 2. The van der Waals surface area contributed by atoms with Crippen LogP contribution in [-0.2, 0) is 0 Å². The van der Waals surface area contributed by atoms with Crippen LogP contribution in [0, 0.1) is 5.92 Å². The molecule has 3 rings (SSSR count). The van der Waals surface area contributed by atoms with E-state index in [9.17, 15) is 0 Å². The largest absolute Gasteiger partial charge is 0.353 e. The maximum absolute atomic E-state index is 5.89. The molecular weight excluding hydrogens is 234 g/mol. The average Bonchev–Trinajstić information content (AvgIpc) is 2.47. The molecule has 19 heavy (non-hydrogen) atoms. The summed E-state index contributed by atoms with van der Waals surface area (Å²) in [6.45, 7) is 3.18. The molecule has 1 aliphatic carbocycles. The Labute approximate surface area is 116 Å². The van der Waals surface area contributed by atoms with E-state index < -0.39 is 0 Å². The molecule has 0 radical (unpaired) electrons. The van der Waals surface area contributed by atoms with Crippen LogP contribution in [0.3, 0.4) is 0 Å². The molecule has 2 heterocycles. The van der Waals surface area contributed by atoms with Crippen LogP contribution in [0.15, 0.2) is 18.3 Å². The fourth-order valence-corrected chi connectivity index (χ4v) is 3.75. The van der Waals surface area contributed by atoms with Gasteiger partial charge in [0.2, 0.25) is 0 Å². The molecule has 104 valence electrons. The Hall–Kier alpha value is -1.09. The van der Waals surface area contributed by atoms with Gasteiger partial charge in [0.1, 0.15) is 5.82 Å². The lowest BCUT2D eigenvalue weighted by molar-refractivity contribution is 0.242. The number of rotatable bonds is 2. The lowest BCUT2D eigenvalue weighted by Gasteiger charge is -2.44. The molecule has 1 aliphatic heterocycles. The van der Waals surface area contributed by atoms with Crippen molar-refractivity contribution in [1.29, 1.82) is 0 Å². The monoisotopic (exact) mass is 259 g/mol. The summed E-state index contributed by atoms with van der Waals surface area (Å²) in [6.07, 6.45) is 10.3. The van der Waals surface area contributed by atoms with E-state index in [-0.39, 0.29) is 6.04 Å². The van der Waals surface area contributed by atoms with E-state index in [4.69, 9.17) is 5.73 Å². The molecule has 2 aliphatic rings. The molecular formula is C16H25N3. The van der Waals surface area contributed by atoms with Crippen LogP contribution in [0.25, 0.3) is 0 Å². The molecule has 0 amide bonds. The third kappa shape index (κ3) is 2.62. The summed E-state index contributed by atoms with van der Waals surface area (Å²) < 4.78 is 0. The number of piperidine rings is 1. The van der Waals surface area contributed by atoms with Crippen molar-refractivity contribution in [3.05, 3.63) is 23.9 Å². The van der Waals surface area contributed by atoms with Crippen LogP contribution >= 0.6 is 0 Å². The predicted octanol–water partition coefficient (Wildman–Crippen LogP) is 3.26. The highest BCUT2D eigenvalue weighted by molar-refractivity contribution is 5.42. The van der Waals surface area contributed by atoms with Crippen molar-refractivity contribution in [2.24, 2.45) is 11.7 Å². The Bertz CT molecular complexity index is 411. The van der Waals surface area contributed by atoms with E-state index in [1.807, 2.05) is 13.1 Å². The first-order valence-electron chi connectivity index (χ1n) is 7.74. The number of pyridine rings is 1. The van der Waals surface area contributed by atoms with Crippen molar-refractivity contribution in [3.63, 3.8) is 0 Å². The zero-order valence-corrected chi connectivity index (χ0v) is 11.9. The molecule has 1 saturated carbocycles. The van der Waals surface area contributed by atoms with Crippen LogP contribution in [0.5, 0.6) is 0 Å². The van der Waals surface area contributed by atoms with Gasteiger partial charge in [-0.25, -0.2) is 4.98 Å². The smallest absolute Gasteiger partial charge is 0.128 e. The minimum absolute atomic E-state index is 0.0744. The second-order valence-electron chi connectivity index (χ2n) is 6.19. The normalized spacial score (nSPS) is 28.8. The standard InChI is InChI=1S/C16H25N3/c1-12(17)14-8-9-16(18-11-14)19-10-4-6-13-5-2-3-7-15(13)19/h8-9,11-13,15H,2-7,10,17H2,1H3/t12?,13-,15-/m1/s1. The SMILES string of the molecule is CC(N)c1ccc(N2CCC[C@H]3CCCC[C@H]32)nc1. The summed E-state index contributed by atoms with van der Waals surface area (Å²) in [7, 11) is 0. The molecule has 1 unspecified atom stereocenters. The Morgan fingerprint density at radius 3 is 2.74 bits per heavy atom. The van der Waals surface area contributed by atoms with Gasteiger partial charge in [0.15, 0.2) is 0 Å². The van der Waals surface area contributed by atoms with Gasteiger partial charge < -0.3 is 10.6 Å². The van der Waals surface area contributed by atoms with Gasteiger partial charge in [-0.3, -0.25) is 0 Å². The highest BCUT2D eigenvalue weighted by atomic mass is 15.2. The predicted molar refractivity (Wildman–Crippen MR) is 79.2 cm³/mol. The molecule has 0 aromatic carbocycles. The summed E-state index contributed by atoms with van der Waals surface area (Å²) in [5.41, 5.74) is 7.02. The Morgan fingerprint density at radius 1 is 1.21 bits per heavy atom. The molecule has 1 aromatic heterocycles. The van der Waals surface area contributed by atoms with Crippen molar-refractivity contribution in [3.8, 4) is 0 Å². The number of anilines is 1. The van der Waals surface area contributed by atoms with E-state index in [2.05, 4.69) is 22.0 Å². The van der Waals surface area contributed by atoms with Crippen molar-refractivity contribution in [2.45, 2.75) is 57.5 Å². The van der Waals surface area contributed by atoms with Crippen LogP contribution in [0.4, 0.5) is 5.82 Å². The molecule has 3 atom stereocenters. The van der Waals surface area contributed by atoms with Crippen LogP contribution in [-0.4, -0.2) is 17.6 Å². The minimum Gasteiger partial charge on any atom is -0.353 e. The van der Waals surface area contributed by atoms with Gasteiger partial charge in [0.05, 0.1) is 0 Å². The zero-order valence-electron chi connectivity index (χ0n) is 11.9. The molecule has 0 spiro atoms. The fraction of sp³-hybridized carbons (Fsp3) is 0.688. The summed E-state index contributed by atoms with van der Waals surface area (Å²) in [5.74, 6) is 2.05. The summed E-state index contributed by atoms with van der Waals surface area (Å²) in [6, 6.07) is 5.11. The van der Waals surface area contributed by atoms with Crippen molar-refractivity contribution >= 4 is 5.82 Å². The van der Waals surface area contributed by atoms with Crippen LogP contribution in [0.2, 0.25) is 0 Å². The van der Waals surface area contributed by atoms with Gasteiger partial charge in [-0.15, -0.1) is 0 Å². The Balaban J connectivity index is 1.79. The number of aromatic nitrogens is 1. The lowest BCUT2D eigenvalue weighted by Crippen LogP contribution is -2.47. The molecule has 0 bridgehead atoms. The molecule has 2 N–H and O–H groups in total. The highest BCUT2D eigenvalue weighted by Crippen LogP contribution is 2.37. The van der Waals surface area contributed by atoms with Gasteiger partial charge in [-0.2, -0.15) is 0 Å². The summed E-state index contributed by atoms with van der Waals surface area (Å²) in [5, 5.41) is 0. The van der Waals surface area contributed by atoms with E-state index >= 15 is 0 Å². The van der Waals surface area contributed by atoms with Gasteiger partial charge in [-0.1, -0.05) is 18.9 Å². The molecule has 3 heteroatoms. The minimum atomic E-state index is 0.0744. The first-order chi connectivity index (χ1) is 9.25. The van der Waals surface area contributed by atoms with E-state index in [1.165, 1.54) is 45.1 Å². The molecule has 3 nitrogen and oxygen atoms in total. The number of fused-ring (bicyclic) bond motifs is 1. The highest BCUT2D eigenvalue weighted by Gasteiger charge is 2.33. The lowest BCUT2D eigenvalue weighted by atomic mass is 9.78. The van der Waals surface area contributed by atoms with E-state index in [0.717, 1.165) is 23.3 Å². The topological polar surface area (TPSA) is 42.1 Å². The van der Waals surface area contributed by atoms with Crippen LogP contribution < -0.4 is 10.6 Å². The van der Waals surface area contributed by atoms with Crippen molar-refractivity contribution in [2.75, 3.05) is 11.4 Å². The second kappa shape index (κ2) is 5.49. The van der Waals surface area contributed by atoms with Crippen LogP contribution in [0.1, 0.15) is 57.1 Å². The van der Waals surface area contributed by atoms with Gasteiger partial charge in [-0.05, 0) is 50.2 Å². The maximum atomic E-state index is 5.89. The molecule has 1 aromatic rings. The summed E-state index contributed by atoms with van der Waals surface area (Å²) in [4.78, 5) is 7.21. The molecule has 1 saturated heterocycles. The first-order valence-corrected chi connectivity index (χ1v) is 7.74. The third-order valence-corrected chi connectivity index (χ3v) is 4.83. The fourth-order valence-electron chi connectivity index (χ4n) is 3.75. The van der Waals surface area contributed by atoms with Gasteiger partial charge in [0.25, 0.3) is 0 Å². The Morgan fingerprint density at radius 2 is 2.00 bits per heavy atom. The average molecular weight is 259 g/mol. The second-order valence-corrected chi connectivity index (χ2v) is 6.19. The van der Waals surface area contributed by atoms with Gasteiger partial charge >= 0.3 is 0 Å². The number of hydrogen-bond donors (Lipinski definition) is 1. The summed E-state index contributed by atoms with van der Waals surface area (Å²) >= 11 is 0. The van der Waals surface area contributed by atoms with E-state index in [1.54, 1.807) is 0 Å². The van der Waals surface area contributed by atoms with E-state index in [0.29, 0.717) is 0 Å². The third-order valence-electron chi connectivity index (χ3n) is 4.83. The van der Waals surface area contributed by atoms with Crippen molar-refractivity contribution in [1.82, 2.24) is 4.98 Å². The number of hydrogen-bond acceptors (Lipinski definition) is 3. The quantitative estimate of drug-likeness (QED) is 0.886. The first kappa shape index (κ1) is 12.9. The van der Waals surface area contributed by atoms with Gasteiger partial charge in [0, 0.05) is 24.8 Å². The number of nitrogens with two attached hydrogens (primary N) is 1. The Kier molecular flexibility index (Phi) is 3.74. The molecule has 2 fully saturated rings.